The van der Waals surface area contributed by atoms with Crippen molar-refractivity contribution < 1.29 is 9.13 Å². The van der Waals surface area contributed by atoms with Gasteiger partial charge in [-0.2, -0.15) is 0 Å². The summed E-state index contributed by atoms with van der Waals surface area (Å²) in [6.45, 7) is 0. The Morgan fingerprint density at radius 1 is 1.50 bits per heavy atom. The monoisotopic (exact) mass is 256 g/mol. The second-order valence-electron chi connectivity index (χ2n) is 2.59. The Hall–Kier alpha value is -1.01. The minimum absolute atomic E-state index is 0.297. The van der Waals surface area contributed by atoms with Gasteiger partial charge in [-0.25, -0.2) is 4.39 Å². The van der Waals surface area contributed by atoms with Crippen LogP contribution in [0.1, 0.15) is 12.0 Å². The molecule has 0 amide bonds. The van der Waals surface area contributed by atoms with Crippen LogP contribution in [0.3, 0.4) is 0 Å². The van der Waals surface area contributed by atoms with Gasteiger partial charge in [-0.3, -0.25) is 0 Å². The Labute approximate surface area is 91.4 Å². The predicted octanol–water partition coefficient (Wildman–Crippen LogP) is 2.97. The van der Waals surface area contributed by atoms with Gasteiger partial charge in [0.2, 0.25) is 0 Å². The van der Waals surface area contributed by atoms with E-state index >= 15 is 0 Å². The Bertz CT molecular complexity index is 365. The zero-order valence-electron chi connectivity index (χ0n) is 7.81. The standard InChI is InChI=1S/C11H10BrFO/c1-14-11-6-5-10(13)8-9(11)4-2-3-7-12/h5-6,8H,3,7H2,1H3. The number of ether oxygens (including phenoxy) is 1. The number of halogens is 2. The van der Waals surface area contributed by atoms with E-state index in [2.05, 4.69) is 27.8 Å². The van der Waals surface area contributed by atoms with Crippen molar-refractivity contribution in [3.05, 3.63) is 29.6 Å². The quantitative estimate of drug-likeness (QED) is 0.584. The summed E-state index contributed by atoms with van der Waals surface area (Å²) in [6.07, 6.45) is 0.736. The van der Waals surface area contributed by atoms with Gasteiger partial charge in [-0.15, -0.1) is 0 Å². The molecule has 0 saturated heterocycles. The average molecular weight is 257 g/mol. The first kappa shape index (κ1) is 11.1. The summed E-state index contributed by atoms with van der Waals surface area (Å²) in [5.74, 6) is 6.08. The van der Waals surface area contributed by atoms with E-state index in [4.69, 9.17) is 4.74 Å². The van der Waals surface area contributed by atoms with Gasteiger partial charge < -0.3 is 4.74 Å². The molecule has 1 rings (SSSR count). The van der Waals surface area contributed by atoms with Crippen LogP contribution in [-0.2, 0) is 0 Å². The minimum atomic E-state index is -0.297. The van der Waals surface area contributed by atoms with Crippen LogP contribution in [0.4, 0.5) is 4.39 Å². The molecule has 0 spiro atoms. The predicted molar refractivity (Wildman–Crippen MR) is 58.2 cm³/mol. The fraction of sp³-hybridized carbons (Fsp3) is 0.273. The third-order valence-electron chi connectivity index (χ3n) is 1.60. The largest absolute Gasteiger partial charge is 0.495 e. The summed E-state index contributed by atoms with van der Waals surface area (Å²) in [6, 6.07) is 4.31. The van der Waals surface area contributed by atoms with Crippen LogP contribution in [0.15, 0.2) is 18.2 Å². The van der Waals surface area contributed by atoms with Crippen LogP contribution in [0.5, 0.6) is 5.75 Å². The van der Waals surface area contributed by atoms with E-state index < -0.39 is 0 Å². The molecule has 0 heterocycles. The molecular weight excluding hydrogens is 247 g/mol. The molecule has 1 aromatic carbocycles. The van der Waals surface area contributed by atoms with E-state index in [0.717, 1.165) is 11.8 Å². The van der Waals surface area contributed by atoms with Gasteiger partial charge in [0.05, 0.1) is 12.7 Å². The lowest BCUT2D eigenvalue weighted by atomic mass is 10.2. The van der Waals surface area contributed by atoms with Gasteiger partial charge in [0.1, 0.15) is 11.6 Å². The van der Waals surface area contributed by atoms with Gasteiger partial charge in [0.15, 0.2) is 0 Å². The summed E-state index contributed by atoms with van der Waals surface area (Å²) < 4.78 is 17.9. The van der Waals surface area contributed by atoms with Gasteiger partial charge >= 0.3 is 0 Å². The number of methoxy groups -OCH3 is 1. The lowest BCUT2D eigenvalue weighted by Crippen LogP contribution is -1.88. The average Bonchev–Trinajstić information content (AvgIpc) is 2.19. The second kappa shape index (κ2) is 5.66. The maximum Gasteiger partial charge on any atom is 0.134 e. The number of rotatable bonds is 2. The van der Waals surface area contributed by atoms with Crippen molar-refractivity contribution in [1.82, 2.24) is 0 Å². The van der Waals surface area contributed by atoms with E-state index in [1.165, 1.54) is 12.1 Å². The highest BCUT2D eigenvalue weighted by Gasteiger charge is 2.00. The van der Waals surface area contributed by atoms with E-state index in [0.29, 0.717) is 11.3 Å². The third-order valence-corrected chi connectivity index (χ3v) is 2.00. The molecule has 0 fully saturated rings. The Morgan fingerprint density at radius 2 is 2.29 bits per heavy atom. The molecule has 0 aliphatic heterocycles. The fourth-order valence-electron chi connectivity index (χ4n) is 0.983. The molecule has 0 saturated carbocycles. The SMILES string of the molecule is COc1ccc(F)cc1C#CCCBr. The maximum absolute atomic E-state index is 12.9. The molecule has 3 heteroatoms. The highest BCUT2D eigenvalue weighted by molar-refractivity contribution is 9.09. The Morgan fingerprint density at radius 3 is 2.93 bits per heavy atom. The second-order valence-corrected chi connectivity index (χ2v) is 3.38. The molecule has 0 aliphatic carbocycles. The topological polar surface area (TPSA) is 9.23 Å². The molecule has 0 bridgehead atoms. The highest BCUT2D eigenvalue weighted by atomic mass is 79.9. The van der Waals surface area contributed by atoms with Crippen molar-refractivity contribution in [2.45, 2.75) is 6.42 Å². The van der Waals surface area contributed by atoms with Gasteiger partial charge in [-0.05, 0) is 18.2 Å². The molecule has 1 aromatic rings. The first-order chi connectivity index (χ1) is 6.77. The van der Waals surface area contributed by atoms with Crippen LogP contribution < -0.4 is 4.74 Å². The highest BCUT2D eigenvalue weighted by Crippen LogP contribution is 2.17. The summed E-state index contributed by atoms with van der Waals surface area (Å²) in [5, 5.41) is 0.817. The smallest absolute Gasteiger partial charge is 0.134 e. The van der Waals surface area contributed by atoms with Crippen LogP contribution in [0.2, 0.25) is 0 Å². The van der Waals surface area contributed by atoms with Crippen molar-refractivity contribution in [1.29, 1.82) is 0 Å². The van der Waals surface area contributed by atoms with E-state index in [9.17, 15) is 4.39 Å². The van der Waals surface area contributed by atoms with Gasteiger partial charge in [0.25, 0.3) is 0 Å². The molecule has 0 radical (unpaired) electrons. The summed E-state index contributed by atoms with van der Waals surface area (Å²) in [7, 11) is 1.54. The van der Waals surface area contributed by atoms with E-state index in [1.54, 1.807) is 13.2 Å². The molecule has 74 valence electrons. The minimum Gasteiger partial charge on any atom is -0.495 e. The summed E-state index contributed by atoms with van der Waals surface area (Å²) in [4.78, 5) is 0. The fourth-order valence-corrected chi connectivity index (χ4v) is 1.18. The first-order valence-corrected chi connectivity index (χ1v) is 5.28. The van der Waals surface area contributed by atoms with Crippen LogP contribution in [0.25, 0.3) is 0 Å². The summed E-state index contributed by atoms with van der Waals surface area (Å²) >= 11 is 3.27. The van der Waals surface area contributed by atoms with Crippen LogP contribution >= 0.6 is 15.9 Å². The van der Waals surface area contributed by atoms with Crippen LogP contribution in [0, 0.1) is 17.7 Å². The first-order valence-electron chi connectivity index (χ1n) is 4.16. The van der Waals surface area contributed by atoms with E-state index in [1.807, 2.05) is 0 Å². The molecule has 0 aliphatic rings. The third kappa shape index (κ3) is 3.04. The number of hydrogen-bond acceptors (Lipinski definition) is 1. The Balaban J connectivity index is 2.94. The van der Waals surface area contributed by atoms with Crippen molar-refractivity contribution in [2.75, 3.05) is 12.4 Å². The van der Waals surface area contributed by atoms with Gasteiger partial charge in [0, 0.05) is 11.8 Å². The van der Waals surface area contributed by atoms with E-state index in [-0.39, 0.29) is 5.82 Å². The molecule has 0 atom stereocenters. The molecule has 1 nitrogen and oxygen atoms in total. The maximum atomic E-state index is 12.9. The van der Waals surface area contributed by atoms with Crippen molar-refractivity contribution in [2.24, 2.45) is 0 Å². The summed E-state index contributed by atoms with van der Waals surface area (Å²) in [5.41, 5.74) is 0.591. The van der Waals surface area contributed by atoms with Crippen LogP contribution in [-0.4, -0.2) is 12.4 Å². The molecule has 0 unspecified atom stereocenters. The van der Waals surface area contributed by atoms with Crippen molar-refractivity contribution in [3.8, 4) is 17.6 Å². The Kier molecular flexibility index (Phi) is 4.48. The van der Waals surface area contributed by atoms with Crippen molar-refractivity contribution >= 4 is 15.9 Å². The lowest BCUT2D eigenvalue weighted by molar-refractivity contribution is 0.412. The zero-order valence-corrected chi connectivity index (χ0v) is 9.40. The van der Waals surface area contributed by atoms with Gasteiger partial charge in [-0.1, -0.05) is 27.8 Å². The normalized spacial score (nSPS) is 9.07. The number of benzene rings is 1. The molecular formula is C11H10BrFO. The zero-order chi connectivity index (χ0) is 10.4. The molecule has 14 heavy (non-hydrogen) atoms. The molecule has 0 aromatic heterocycles. The number of alkyl halides is 1. The van der Waals surface area contributed by atoms with Crippen molar-refractivity contribution in [3.63, 3.8) is 0 Å². The number of hydrogen-bond donors (Lipinski definition) is 0. The lowest BCUT2D eigenvalue weighted by Gasteiger charge is -2.01. The molecule has 0 N–H and O–H groups in total.